The molecule has 0 spiro atoms. The van der Waals surface area contributed by atoms with Crippen molar-refractivity contribution in [2.45, 2.75) is 24.7 Å². The lowest BCUT2D eigenvalue weighted by Gasteiger charge is -2.15. The van der Waals surface area contributed by atoms with Crippen LogP contribution in [0.5, 0.6) is 5.75 Å². The molecule has 0 saturated heterocycles. The highest BCUT2D eigenvalue weighted by Crippen LogP contribution is 2.40. The Hall–Kier alpha value is -3.39. The molecule has 32 heavy (non-hydrogen) atoms. The van der Waals surface area contributed by atoms with E-state index in [1.807, 2.05) is 19.1 Å². The molecule has 0 saturated carbocycles. The smallest absolute Gasteiger partial charge is 0.258 e. The van der Waals surface area contributed by atoms with E-state index in [1.54, 1.807) is 35.2 Å². The predicted molar refractivity (Wildman–Crippen MR) is 124 cm³/mol. The minimum absolute atomic E-state index is 0.0414. The number of ether oxygens (including phenoxy) is 1. The number of rotatable bonds is 8. The molecule has 0 radical (unpaired) electrons. The van der Waals surface area contributed by atoms with Crippen LogP contribution in [0.25, 0.3) is 10.8 Å². The number of benzene rings is 3. The van der Waals surface area contributed by atoms with Gasteiger partial charge < -0.3 is 15.0 Å². The summed E-state index contributed by atoms with van der Waals surface area (Å²) < 4.78 is 30.1. The lowest BCUT2D eigenvalue weighted by molar-refractivity contribution is -0.116. The summed E-state index contributed by atoms with van der Waals surface area (Å²) in [6.07, 6.45) is 0.266. The van der Waals surface area contributed by atoms with E-state index in [4.69, 9.17) is 4.74 Å². The average molecular weight is 453 g/mol. The van der Waals surface area contributed by atoms with Crippen LogP contribution < -0.4 is 15.0 Å². The molecule has 3 aromatic carbocycles. The van der Waals surface area contributed by atoms with Crippen molar-refractivity contribution < 1.29 is 22.7 Å². The minimum Gasteiger partial charge on any atom is -0.497 e. The van der Waals surface area contributed by atoms with Crippen molar-refractivity contribution in [1.82, 2.24) is 0 Å². The maximum Gasteiger partial charge on any atom is 0.258 e. The van der Waals surface area contributed by atoms with Gasteiger partial charge >= 0.3 is 0 Å². The number of sulfone groups is 1. The van der Waals surface area contributed by atoms with Crippen LogP contribution in [-0.4, -0.2) is 39.6 Å². The van der Waals surface area contributed by atoms with Crippen molar-refractivity contribution in [3.63, 3.8) is 0 Å². The highest BCUT2D eigenvalue weighted by atomic mass is 32.2. The number of methoxy groups -OCH3 is 1. The van der Waals surface area contributed by atoms with Gasteiger partial charge in [-0.25, -0.2) is 8.42 Å². The lowest BCUT2D eigenvalue weighted by atomic mass is 10.0. The van der Waals surface area contributed by atoms with E-state index in [2.05, 4.69) is 5.32 Å². The molecule has 0 unspecified atom stereocenters. The number of nitrogens with one attached hydrogen (secondary N) is 1. The van der Waals surface area contributed by atoms with Crippen molar-refractivity contribution in [2.75, 3.05) is 29.6 Å². The standard InChI is InChI=1S/C24H24N2O5S/c1-3-26-21-14-13-20(18-6-4-7-19(23(18)21)24(26)28)25-22(27)8-5-15-32(29,30)17-11-9-16(31-2)10-12-17/h4,6-7,9-14H,3,5,8,15H2,1-2H3,(H,25,27). The summed E-state index contributed by atoms with van der Waals surface area (Å²) in [5, 5.41) is 4.50. The molecule has 1 N–H and O–H groups in total. The third kappa shape index (κ3) is 3.93. The van der Waals surface area contributed by atoms with Crippen LogP contribution in [-0.2, 0) is 14.6 Å². The summed E-state index contributed by atoms with van der Waals surface area (Å²) >= 11 is 0. The minimum atomic E-state index is -3.49. The van der Waals surface area contributed by atoms with Crippen molar-refractivity contribution in [3.8, 4) is 5.75 Å². The van der Waals surface area contributed by atoms with Gasteiger partial charge in [0.2, 0.25) is 5.91 Å². The molecule has 7 nitrogen and oxygen atoms in total. The molecule has 0 aliphatic carbocycles. The van der Waals surface area contributed by atoms with Gasteiger partial charge in [-0.15, -0.1) is 0 Å². The maximum atomic E-state index is 12.6. The fourth-order valence-corrected chi connectivity index (χ4v) is 5.32. The molecular formula is C24H24N2O5S. The molecule has 0 atom stereocenters. The summed E-state index contributed by atoms with van der Waals surface area (Å²) in [5.74, 6) is 0.140. The summed E-state index contributed by atoms with van der Waals surface area (Å²) in [4.78, 5) is 27.1. The number of amides is 2. The van der Waals surface area contributed by atoms with Crippen LogP contribution in [0.3, 0.4) is 0 Å². The zero-order chi connectivity index (χ0) is 22.9. The van der Waals surface area contributed by atoms with Crippen molar-refractivity contribution >= 4 is 43.8 Å². The number of hydrogen-bond acceptors (Lipinski definition) is 5. The van der Waals surface area contributed by atoms with E-state index in [0.717, 1.165) is 16.5 Å². The Morgan fingerprint density at radius 3 is 2.50 bits per heavy atom. The Morgan fingerprint density at radius 2 is 1.81 bits per heavy atom. The summed E-state index contributed by atoms with van der Waals surface area (Å²) in [7, 11) is -1.97. The van der Waals surface area contributed by atoms with E-state index in [9.17, 15) is 18.0 Å². The van der Waals surface area contributed by atoms with Crippen LogP contribution in [0.15, 0.2) is 59.5 Å². The lowest BCUT2D eigenvalue weighted by Crippen LogP contribution is -2.25. The predicted octanol–water partition coefficient (Wildman–Crippen LogP) is 4.02. The molecule has 0 bridgehead atoms. The molecule has 1 aliphatic rings. The van der Waals surface area contributed by atoms with Crippen molar-refractivity contribution in [1.29, 1.82) is 0 Å². The zero-order valence-electron chi connectivity index (χ0n) is 17.9. The van der Waals surface area contributed by atoms with Crippen LogP contribution in [0.4, 0.5) is 11.4 Å². The van der Waals surface area contributed by atoms with Gasteiger partial charge in [0.15, 0.2) is 9.84 Å². The van der Waals surface area contributed by atoms with E-state index in [0.29, 0.717) is 23.5 Å². The molecular weight excluding hydrogens is 428 g/mol. The Balaban J connectivity index is 1.44. The van der Waals surface area contributed by atoms with Crippen LogP contribution in [0.2, 0.25) is 0 Å². The quantitative estimate of drug-likeness (QED) is 0.557. The third-order valence-corrected chi connectivity index (χ3v) is 7.43. The molecule has 3 aromatic rings. The Morgan fingerprint density at radius 1 is 1.06 bits per heavy atom. The normalized spacial score (nSPS) is 12.9. The van der Waals surface area contributed by atoms with Gasteiger partial charge in [-0.1, -0.05) is 12.1 Å². The average Bonchev–Trinajstić information content (AvgIpc) is 3.07. The molecule has 166 valence electrons. The highest BCUT2D eigenvalue weighted by molar-refractivity contribution is 7.91. The number of anilines is 2. The monoisotopic (exact) mass is 452 g/mol. The molecule has 4 rings (SSSR count). The second-order valence-electron chi connectivity index (χ2n) is 7.56. The number of carbonyl (C=O) groups is 2. The summed E-state index contributed by atoms with van der Waals surface area (Å²) in [6.45, 7) is 2.49. The van der Waals surface area contributed by atoms with Gasteiger partial charge in [0.1, 0.15) is 5.75 Å². The van der Waals surface area contributed by atoms with Gasteiger partial charge in [0, 0.05) is 35.0 Å². The Bertz CT molecular complexity index is 1300. The topological polar surface area (TPSA) is 92.8 Å². The molecule has 0 fully saturated rings. The molecule has 2 amide bonds. The van der Waals surface area contributed by atoms with Gasteiger partial charge in [-0.2, -0.15) is 0 Å². The first-order chi connectivity index (χ1) is 15.4. The van der Waals surface area contributed by atoms with Gasteiger partial charge in [-0.3, -0.25) is 9.59 Å². The SMILES string of the molecule is CCN1C(=O)c2cccc3c(NC(=O)CCCS(=O)(=O)c4ccc(OC)cc4)ccc1c23. The fourth-order valence-electron chi connectivity index (χ4n) is 4.01. The summed E-state index contributed by atoms with van der Waals surface area (Å²) in [5.41, 5.74) is 2.08. The van der Waals surface area contributed by atoms with E-state index < -0.39 is 9.84 Å². The molecule has 0 aromatic heterocycles. The number of hydrogen-bond donors (Lipinski definition) is 1. The third-order valence-electron chi connectivity index (χ3n) is 5.61. The van der Waals surface area contributed by atoms with Crippen LogP contribution in [0, 0.1) is 0 Å². The first-order valence-electron chi connectivity index (χ1n) is 10.4. The summed E-state index contributed by atoms with van der Waals surface area (Å²) in [6, 6.07) is 15.3. The van der Waals surface area contributed by atoms with E-state index >= 15 is 0 Å². The number of nitrogens with zero attached hydrogens (tertiary/aromatic N) is 1. The number of carbonyl (C=O) groups excluding carboxylic acids is 2. The fraction of sp³-hybridized carbons (Fsp3) is 0.250. The molecule has 8 heteroatoms. The largest absolute Gasteiger partial charge is 0.497 e. The first kappa shape index (κ1) is 21.8. The van der Waals surface area contributed by atoms with Crippen LogP contribution in [0.1, 0.15) is 30.1 Å². The maximum absolute atomic E-state index is 12.6. The van der Waals surface area contributed by atoms with Gasteiger partial charge in [-0.05, 0) is 55.8 Å². The van der Waals surface area contributed by atoms with Crippen molar-refractivity contribution in [2.24, 2.45) is 0 Å². The zero-order valence-corrected chi connectivity index (χ0v) is 18.7. The molecule has 1 aliphatic heterocycles. The van der Waals surface area contributed by atoms with Crippen LogP contribution >= 0.6 is 0 Å². The van der Waals surface area contributed by atoms with Crippen molar-refractivity contribution in [3.05, 3.63) is 60.2 Å². The molecule has 1 heterocycles. The second-order valence-corrected chi connectivity index (χ2v) is 9.67. The Kier molecular flexibility index (Phi) is 5.88. The van der Waals surface area contributed by atoms with Gasteiger partial charge in [0.25, 0.3) is 5.91 Å². The van der Waals surface area contributed by atoms with Gasteiger partial charge in [0.05, 0.1) is 23.4 Å². The Labute approximate surface area is 186 Å². The first-order valence-corrected chi connectivity index (χ1v) is 12.0. The second kappa shape index (κ2) is 8.63. The van der Waals surface area contributed by atoms with E-state index in [1.165, 1.54) is 19.2 Å². The van der Waals surface area contributed by atoms with E-state index in [-0.39, 0.29) is 35.3 Å². The highest BCUT2D eigenvalue weighted by Gasteiger charge is 2.29.